The second kappa shape index (κ2) is 13.1. The summed E-state index contributed by atoms with van der Waals surface area (Å²) in [6, 6.07) is 0.808. The van der Waals surface area contributed by atoms with E-state index in [9.17, 15) is 0 Å². The van der Waals surface area contributed by atoms with Crippen LogP contribution in [0.4, 0.5) is 0 Å². The van der Waals surface area contributed by atoms with E-state index < -0.39 is 17.6 Å². The average Bonchev–Trinajstić information content (AvgIpc) is 2.63. The molecule has 0 aromatic heterocycles. The highest BCUT2D eigenvalue weighted by Crippen LogP contribution is 2.16. The van der Waals surface area contributed by atoms with Crippen molar-refractivity contribution in [3.05, 3.63) is 0 Å². The van der Waals surface area contributed by atoms with E-state index in [-0.39, 0.29) is 0 Å². The summed E-state index contributed by atoms with van der Waals surface area (Å²) < 4.78 is 32.1. The molecule has 0 aromatic rings. The molecule has 11 heteroatoms. The minimum atomic E-state index is -2.65. The van der Waals surface area contributed by atoms with Crippen LogP contribution in [0.2, 0.25) is 6.04 Å². The van der Waals surface area contributed by atoms with Gasteiger partial charge >= 0.3 is 17.6 Å². The van der Waals surface area contributed by atoms with Gasteiger partial charge in [-0.3, -0.25) is 0 Å². The van der Waals surface area contributed by atoms with Gasteiger partial charge in [0.2, 0.25) is 0 Å². The first-order valence-electron chi connectivity index (χ1n) is 7.79. The zero-order valence-corrected chi connectivity index (χ0v) is 18.4. The van der Waals surface area contributed by atoms with Gasteiger partial charge in [-0.2, -0.15) is 0 Å². The van der Waals surface area contributed by atoms with Crippen molar-refractivity contribution >= 4 is 34.9 Å². The largest absolute Gasteiger partial charge is 0.520 e. The molecule has 0 aliphatic rings. The van der Waals surface area contributed by atoms with Gasteiger partial charge in [-0.25, -0.2) is 0 Å². The van der Waals surface area contributed by atoms with E-state index in [1.54, 1.807) is 42.7 Å². The molecule has 2 N–H and O–H groups in total. The van der Waals surface area contributed by atoms with E-state index >= 15 is 0 Å². The van der Waals surface area contributed by atoms with Gasteiger partial charge < -0.3 is 37.2 Å². The van der Waals surface area contributed by atoms with Crippen molar-refractivity contribution in [1.29, 1.82) is 0 Å². The van der Waals surface area contributed by atoms with E-state index in [0.717, 1.165) is 31.9 Å². The third kappa shape index (κ3) is 8.31. The summed E-state index contributed by atoms with van der Waals surface area (Å²) in [6.07, 6.45) is 3.43. The topological polar surface area (TPSA) is 79.4 Å². The molecule has 0 saturated carbocycles. The standard InChI is InChI=1S/C13H32N2O6SSi2/c1-16-23(17-2,18-3)11-9-7-8-10-14-13(22)15-12-24(19-4,20-5)21-6/h7-12H2,1-6H3,(H2,14,15,22). The van der Waals surface area contributed by atoms with E-state index in [0.29, 0.717) is 11.3 Å². The number of hydrogen-bond acceptors (Lipinski definition) is 7. The molecule has 0 radical (unpaired) electrons. The van der Waals surface area contributed by atoms with Crippen LogP contribution in [-0.2, 0) is 26.6 Å². The molecule has 144 valence electrons. The fourth-order valence-corrected chi connectivity index (χ4v) is 5.54. The molecule has 0 aliphatic carbocycles. The van der Waals surface area contributed by atoms with Crippen LogP contribution in [0.25, 0.3) is 0 Å². The number of nitrogens with one attached hydrogen (secondary N) is 2. The fraction of sp³-hybridized carbons (Fsp3) is 0.923. The Bertz CT molecular complexity index is 330. The molecule has 24 heavy (non-hydrogen) atoms. The Morgan fingerprint density at radius 3 is 1.67 bits per heavy atom. The van der Waals surface area contributed by atoms with Crippen molar-refractivity contribution in [2.24, 2.45) is 0 Å². The summed E-state index contributed by atoms with van der Waals surface area (Å²) in [4.78, 5) is 0. The summed E-state index contributed by atoms with van der Waals surface area (Å²) in [5, 5.41) is 6.80. The van der Waals surface area contributed by atoms with E-state index in [1.807, 2.05) is 0 Å². The van der Waals surface area contributed by atoms with Crippen molar-refractivity contribution in [1.82, 2.24) is 10.6 Å². The van der Waals surface area contributed by atoms with Gasteiger partial charge in [0.15, 0.2) is 5.11 Å². The third-order valence-corrected chi connectivity index (χ3v) is 9.37. The molecule has 0 saturated heterocycles. The highest BCUT2D eigenvalue weighted by Gasteiger charge is 2.38. The van der Waals surface area contributed by atoms with Crippen LogP contribution in [-0.4, -0.2) is 78.1 Å². The first-order chi connectivity index (χ1) is 11.5. The fourth-order valence-electron chi connectivity index (χ4n) is 2.12. The monoisotopic (exact) mass is 400 g/mol. The van der Waals surface area contributed by atoms with Gasteiger partial charge in [0.05, 0.1) is 6.17 Å². The molecule has 0 bridgehead atoms. The lowest BCUT2D eigenvalue weighted by Crippen LogP contribution is -2.54. The molecule has 0 spiro atoms. The van der Waals surface area contributed by atoms with Crippen molar-refractivity contribution < 1.29 is 26.6 Å². The Morgan fingerprint density at radius 1 is 0.708 bits per heavy atom. The Balaban J connectivity index is 3.87. The second-order valence-corrected chi connectivity index (χ2v) is 11.5. The normalized spacial score (nSPS) is 12.2. The quantitative estimate of drug-likeness (QED) is 0.251. The summed E-state index contributed by atoms with van der Waals surface area (Å²) in [7, 11) is 4.52. The minimum Gasteiger partial charge on any atom is -0.377 e. The van der Waals surface area contributed by atoms with Gasteiger partial charge in [0.1, 0.15) is 0 Å². The van der Waals surface area contributed by atoms with Gasteiger partial charge in [0, 0.05) is 55.2 Å². The lowest BCUT2D eigenvalue weighted by Gasteiger charge is -2.25. The summed E-state index contributed by atoms with van der Waals surface area (Å²) in [6.45, 7) is 0.787. The smallest absolute Gasteiger partial charge is 0.377 e. The highest BCUT2D eigenvalue weighted by molar-refractivity contribution is 7.80. The highest BCUT2D eigenvalue weighted by atomic mass is 32.1. The molecular weight excluding hydrogens is 368 g/mol. The lowest BCUT2D eigenvalue weighted by atomic mass is 10.2. The predicted octanol–water partition coefficient (Wildman–Crippen LogP) is 0.916. The van der Waals surface area contributed by atoms with Crippen LogP contribution in [0, 0.1) is 0 Å². The summed E-state index contributed by atoms with van der Waals surface area (Å²) >= 11 is 5.24. The third-order valence-electron chi connectivity index (χ3n) is 3.78. The molecule has 0 atom stereocenters. The molecule has 8 nitrogen and oxygen atoms in total. The second-order valence-electron chi connectivity index (χ2n) is 5.01. The molecule has 0 fully saturated rings. The maximum absolute atomic E-state index is 5.39. The van der Waals surface area contributed by atoms with E-state index in [4.69, 9.17) is 38.8 Å². The summed E-state index contributed by atoms with van der Waals surface area (Å²) in [5.41, 5.74) is 0. The first kappa shape index (κ1) is 23.9. The van der Waals surface area contributed by atoms with Crippen LogP contribution in [0.15, 0.2) is 0 Å². The molecule has 0 aliphatic heterocycles. The zero-order chi connectivity index (χ0) is 18.5. The Labute approximate surface area is 153 Å². The molecule has 0 aromatic carbocycles. The maximum atomic E-state index is 5.39. The summed E-state index contributed by atoms with van der Waals surface area (Å²) in [5.74, 6) is 0. The van der Waals surface area contributed by atoms with Crippen molar-refractivity contribution in [2.45, 2.75) is 25.3 Å². The SMILES string of the molecule is CO[Si](CCCCCNC(=S)NC[Si](OC)(OC)OC)(OC)OC. The van der Waals surface area contributed by atoms with Gasteiger partial charge in [-0.1, -0.05) is 6.42 Å². The van der Waals surface area contributed by atoms with E-state index in [1.165, 1.54) is 0 Å². The zero-order valence-electron chi connectivity index (χ0n) is 15.6. The van der Waals surface area contributed by atoms with Crippen molar-refractivity contribution in [3.8, 4) is 0 Å². The first-order valence-corrected chi connectivity index (χ1v) is 12.1. The number of hydrogen-bond donors (Lipinski definition) is 2. The average molecular weight is 401 g/mol. The number of rotatable bonds is 14. The molecule has 0 amide bonds. The van der Waals surface area contributed by atoms with Crippen LogP contribution in [0.1, 0.15) is 19.3 Å². The lowest BCUT2D eigenvalue weighted by molar-refractivity contribution is 0.122. The van der Waals surface area contributed by atoms with Gasteiger partial charge in [-0.15, -0.1) is 0 Å². The maximum Gasteiger partial charge on any atom is 0.520 e. The minimum absolute atomic E-state index is 0.423. The Hall–Kier alpha value is -0.116. The van der Waals surface area contributed by atoms with Crippen LogP contribution in [0.3, 0.4) is 0 Å². The predicted molar refractivity (Wildman–Crippen MR) is 101 cm³/mol. The Kier molecular flexibility index (Phi) is 13.1. The van der Waals surface area contributed by atoms with E-state index in [2.05, 4.69) is 10.6 Å². The van der Waals surface area contributed by atoms with Crippen molar-refractivity contribution in [2.75, 3.05) is 55.4 Å². The van der Waals surface area contributed by atoms with Gasteiger partial charge in [-0.05, 0) is 25.1 Å². The number of unbranched alkanes of at least 4 members (excludes halogenated alkanes) is 2. The van der Waals surface area contributed by atoms with Crippen molar-refractivity contribution in [3.63, 3.8) is 0 Å². The molecule has 0 unspecified atom stereocenters. The number of thiocarbonyl (C=S) groups is 1. The molecule has 0 heterocycles. The molecule has 0 rings (SSSR count). The molecular formula is C13H32N2O6SSi2. The van der Waals surface area contributed by atoms with Crippen LogP contribution < -0.4 is 10.6 Å². The Morgan fingerprint density at radius 2 is 1.21 bits per heavy atom. The van der Waals surface area contributed by atoms with Gasteiger partial charge in [0.25, 0.3) is 0 Å². The van der Waals surface area contributed by atoms with Crippen LogP contribution in [0.5, 0.6) is 0 Å². The van der Waals surface area contributed by atoms with Crippen LogP contribution >= 0.6 is 12.2 Å².